The molecule has 0 spiro atoms. The fourth-order valence-corrected chi connectivity index (χ4v) is 3.13. The lowest BCUT2D eigenvalue weighted by atomic mass is 10.00. The van der Waals surface area contributed by atoms with Crippen LogP contribution in [-0.4, -0.2) is 10.9 Å². The van der Waals surface area contributed by atoms with Gasteiger partial charge in [-0.15, -0.1) is 0 Å². The van der Waals surface area contributed by atoms with Crippen molar-refractivity contribution in [3.8, 4) is 0 Å². The molecular weight excluding hydrogens is 415 g/mol. The van der Waals surface area contributed by atoms with Gasteiger partial charge in [0.15, 0.2) is 11.6 Å². The van der Waals surface area contributed by atoms with Crippen LogP contribution in [0.2, 0.25) is 0 Å². The minimum absolute atomic E-state index is 0.0331. The van der Waals surface area contributed by atoms with Crippen molar-refractivity contribution in [2.24, 2.45) is 10.9 Å². The van der Waals surface area contributed by atoms with Crippen LogP contribution in [-0.2, 0) is 6.42 Å². The summed E-state index contributed by atoms with van der Waals surface area (Å²) in [4.78, 5) is 16.0. The molecule has 3 rings (SSSR count). The van der Waals surface area contributed by atoms with Gasteiger partial charge in [0.05, 0.1) is 16.9 Å². The zero-order valence-electron chi connectivity index (χ0n) is 15.8. The van der Waals surface area contributed by atoms with Gasteiger partial charge in [0.1, 0.15) is 11.6 Å². The molecular formula is C20H18F3N5OS. The van der Waals surface area contributed by atoms with Crippen molar-refractivity contribution in [2.75, 3.05) is 10.0 Å². The summed E-state index contributed by atoms with van der Waals surface area (Å²) in [7, 11) is 0. The van der Waals surface area contributed by atoms with Crippen LogP contribution in [0.25, 0.3) is 0 Å². The van der Waals surface area contributed by atoms with Crippen LogP contribution >= 0.6 is 12.1 Å². The van der Waals surface area contributed by atoms with Crippen molar-refractivity contribution in [3.05, 3.63) is 82.3 Å². The van der Waals surface area contributed by atoms with E-state index >= 15 is 0 Å². The summed E-state index contributed by atoms with van der Waals surface area (Å²) < 4.78 is 46.5. The Labute approximate surface area is 175 Å². The Morgan fingerprint density at radius 2 is 1.90 bits per heavy atom. The minimum Gasteiger partial charge on any atom is -0.366 e. The van der Waals surface area contributed by atoms with Crippen molar-refractivity contribution in [1.82, 2.24) is 4.98 Å². The van der Waals surface area contributed by atoms with Crippen LogP contribution in [0.3, 0.4) is 0 Å². The number of nitrogens with two attached hydrogens (primary N) is 2. The van der Waals surface area contributed by atoms with Crippen LogP contribution in [0, 0.1) is 24.4 Å². The second-order valence-corrected chi connectivity index (χ2v) is 6.94. The number of primary amides is 1. The fourth-order valence-electron chi connectivity index (χ4n) is 2.90. The molecule has 0 fully saturated rings. The number of rotatable bonds is 7. The van der Waals surface area contributed by atoms with Crippen LogP contribution in [0.1, 0.15) is 27.0 Å². The quantitative estimate of drug-likeness (QED) is 0.417. The molecule has 0 bridgehead atoms. The number of carbonyl (C=O) groups excluding carboxylic acids is 1. The van der Waals surface area contributed by atoms with Crippen molar-refractivity contribution in [1.29, 1.82) is 0 Å². The van der Waals surface area contributed by atoms with Crippen molar-refractivity contribution >= 4 is 35.2 Å². The van der Waals surface area contributed by atoms with Crippen LogP contribution in [0.15, 0.2) is 42.6 Å². The SMILES string of the molecule is Cc1ccc(Nc2c(C(N)=O)cc(Cc3ccnc(NSN)c3)c(F)c2F)c(F)c1. The van der Waals surface area contributed by atoms with E-state index in [-0.39, 0.29) is 23.2 Å². The van der Waals surface area contributed by atoms with Gasteiger partial charge in [0.2, 0.25) is 0 Å². The number of aromatic nitrogens is 1. The van der Waals surface area contributed by atoms with Gasteiger partial charge in [0, 0.05) is 24.8 Å². The van der Waals surface area contributed by atoms with Crippen LogP contribution < -0.4 is 20.9 Å². The molecule has 0 radical (unpaired) electrons. The maximum absolute atomic E-state index is 14.9. The molecule has 10 heteroatoms. The zero-order valence-corrected chi connectivity index (χ0v) is 16.6. The van der Waals surface area contributed by atoms with Gasteiger partial charge in [-0.25, -0.2) is 18.2 Å². The van der Waals surface area contributed by atoms with Crippen molar-refractivity contribution < 1.29 is 18.0 Å². The number of carbonyl (C=O) groups is 1. The number of nitrogens with one attached hydrogen (secondary N) is 2. The minimum atomic E-state index is -1.33. The molecule has 6 nitrogen and oxygen atoms in total. The Morgan fingerprint density at radius 3 is 2.57 bits per heavy atom. The number of halogens is 3. The number of aryl methyl sites for hydroxylation is 1. The Kier molecular flexibility index (Phi) is 6.48. The van der Waals surface area contributed by atoms with Crippen molar-refractivity contribution in [3.63, 3.8) is 0 Å². The van der Waals surface area contributed by atoms with E-state index in [9.17, 15) is 18.0 Å². The number of anilines is 3. The molecule has 1 aromatic heterocycles. The summed E-state index contributed by atoms with van der Waals surface area (Å²) in [5, 5.41) is 7.78. The van der Waals surface area contributed by atoms with E-state index in [1.54, 1.807) is 25.1 Å². The highest BCUT2D eigenvalue weighted by Crippen LogP contribution is 2.31. The van der Waals surface area contributed by atoms with Crippen LogP contribution in [0.4, 0.5) is 30.4 Å². The third-order valence-corrected chi connectivity index (χ3v) is 4.64. The highest BCUT2D eigenvalue weighted by molar-refractivity contribution is 7.98. The zero-order chi connectivity index (χ0) is 21.8. The molecule has 1 heterocycles. The van der Waals surface area contributed by atoms with Gasteiger partial charge >= 0.3 is 0 Å². The van der Waals surface area contributed by atoms with E-state index in [1.807, 2.05) is 0 Å². The van der Waals surface area contributed by atoms with E-state index < -0.39 is 29.0 Å². The Balaban J connectivity index is 2.01. The summed E-state index contributed by atoms with van der Waals surface area (Å²) in [5.41, 5.74) is 5.60. The Morgan fingerprint density at radius 1 is 1.13 bits per heavy atom. The van der Waals surface area contributed by atoms with Gasteiger partial charge in [-0.3, -0.25) is 9.93 Å². The number of benzene rings is 2. The van der Waals surface area contributed by atoms with E-state index in [1.165, 1.54) is 18.3 Å². The normalized spacial score (nSPS) is 10.7. The number of hydrogen-bond acceptors (Lipinski definition) is 6. The molecule has 156 valence electrons. The number of nitrogens with zero attached hydrogens (tertiary/aromatic N) is 1. The maximum Gasteiger partial charge on any atom is 0.250 e. The molecule has 0 atom stereocenters. The van der Waals surface area contributed by atoms with E-state index in [4.69, 9.17) is 10.9 Å². The number of amides is 1. The lowest BCUT2D eigenvalue weighted by molar-refractivity contribution is 0.100. The molecule has 2 aromatic carbocycles. The molecule has 0 aliphatic rings. The molecule has 3 aromatic rings. The maximum atomic E-state index is 14.9. The molecule has 30 heavy (non-hydrogen) atoms. The lowest BCUT2D eigenvalue weighted by Crippen LogP contribution is -2.17. The Bertz CT molecular complexity index is 1110. The molecule has 0 saturated heterocycles. The third-order valence-electron chi connectivity index (χ3n) is 4.31. The van der Waals surface area contributed by atoms with Gasteiger partial charge < -0.3 is 15.8 Å². The van der Waals surface area contributed by atoms with E-state index in [2.05, 4.69) is 15.0 Å². The van der Waals surface area contributed by atoms with E-state index in [0.29, 0.717) is 16.9 Å². The highest BCUT2D eigenvalue weighted by Gasteiger charge is 2.22. The van der Waals surface area contributed by atoms with Crippen LogP contribution in [0.5, 0.6) is 0 Å². The smallest absolute Gasteiger partial charge is 0.250 e. The highest BCUT2D eigenvalue weighted by atomic mass is 32.2. The topological polar surface area (TPSA) is 106 Å². The molecule has 0 unspecified atom stereocenters. The second kappa shape index (κ2) is 9.06. The fraction of sp³-hybridized carbons (Fsp3) is 0.100. The predicted molar refractivity (Wildman–Crippen MR) is 112 cm³/mol. The summed E-state index contributed by atoms with van der Waals surface area (Å²) >= 11 is 0.840. The summed E-state index contributed by atoms with van der Waals surface area (Å²) in [6.07, 6.45) is 1.45. The third kappa shape index (κ3) is 4.66. The molecule has 0 aliphatic carbocycles. The van der Waals surface area contributed by atoms with Crippen molar-refractivity contribution in [2.45, 2.75) is 13.3 Å². The van der Waals surface area contributed by atoms with Gasteiger partial charge in [-0.1, -0.05) is 6.07 Å². The first-order valence-electron chi connectivity index (χ1n) is 8.70. The molecule has 6 N–H and O–H groups in total. The first-order chi connectivity index (χ1) is 14.3. The average Bonchev–Trinajstić information content (AvgIpc) is 2.69. The molecule has 0 aliphatic heterocycles. The number of hydrogen-bond donors (Lipinski definition) is 4. The van der Waals surface area contributed by atoms with Gasteiger partial charge in [-0.2, -0.15) is 0 Å². The lowest BCUT2D eigenvalue weighted by Gasteiger charge is -2.15. The van der Waals surface area contributed by atoms with E-state index in [0.717, 1.165) is 18.2 Å². The first-order valence-corrected chi connectivity index (χ1v) is 9.58. The standard InChI is InChI=1S/C20H18F3N5OS/c1-10-2-3-15(14(21)6-10)27-19-13(20(24)29)9-12(17(22)18(19)23)7-11-4-5-26-16(8-11)28-30-25/h2-6,8-9,27H,7,25H2,1H3,(H2,24,29)(H,26,28). The summed E-state index contributed by atoms with van der Waals surface area (Å²) in [6, 6.07) is 8.55. The summed E-state index contributed by atoms with van der Waals surface area (Å²) in [6.45, 7) is 1.68. The monoisotopic (exact) mass is 433 g/mol. The second-order valence-electron chi connectivity index (χ2n) is 6.50. The first kappa shape index (κ1) is 21.5. The number of pyridine rings is 1. The van der Waals surface area contributed by atoms with Gasteiger partial charge in [-0.05, 0) is 53.9 Å². The average molecular weight is 433 g/mol. The molecule has 0 saturated carbocycles. The largest absolute Gasteiger partial charge is 0.366 e. The van der Waals surface area contributed by atoms with Gasteiger partial charge in [0.25, 0.3) is 5.91 Å². The molecule has 1 amide bonds. The Hall–Kier alpha value is -3.24. The summed E-state index contributed by atoms with van der Waals surface area (Å²) in [5.74, 6) is -3.73. The predicted octanol–water partition coefficient (Wildman–Crippen LogP) is 4.17.